The minimum absolute atomic E-state index is 0.0888. The molecule has 0 N–H and O–H groups in total. The van der Waals surface area contributed by atoms with Crippen molar-refractivity contribution in [1.29, 1.82) is 0 Å². The summed E-state index contributed by atoms with van der Waals surface area (Å²) in [6, 6.07) is 5.42. The standard InChI is InChI=1S/C53H82F3NO7/c1-8-10-12-14-16-18-30-57(31-19-17-15-13-11-9-2)48(60)27-20-36(3)43-25-26-44-49-45(34-47(52(43,44)7)64-38(5)59)51(6)29-28-42(32-41(51)33-46(49)63-37(4)58)62-35-39-21-23-40(24-22-39)50(61)53(54,55)56/h21-24,36,41-47,49H,8-20,25-35H2,1-7H3/t36-,41+,42-,43-,44+,45+,46-,47+,49+,51+,52-/m1/s1. The van der Waals surface area contributed by atoms with Gasteiger partial charge < -0.3 is 19.1 Å². The van der Waals surface area contributed by atoms with Crippen LogP contribution in [0.5, 0.6) is 0 Å². The van der Waals surface area contributed by atoms with Crippen LogP contribution in [0.4, 0.5) is 13.2 Å². The van der Waals surface area contributed by atoms with Crippen LogP contribution in [0.2, 0.25) is 0 Å². The van der Waals surface area contributed by atoms with Crippen LogP contribution in [-0.2, 0) is 35.2 Å². The SMILES string of the molecule is CCCCCCCCN(CCCCCCCC)C(=O)CC[C@@H](C)[C@H]1CC[C@H]2[C@@H]3[C@H](OC(C)=O)C[C@@H]4C[C@H](OCc5ccc(C(=O)C(F)(F)F)cc5)CC[C@]4(C)[C@H]3C[C@H](OC(C)=O)[C@]12C. The lowest BCUT2D eigenvalue weighted by Gasteiger charge is -2.64. The number of esters is 2. The van der Waals surface area contributed by atoms with Gasteiger partial charge in [-0.2, -0.15) is 13.2 Å². The molecule has 1 aromatic rings. The number of unbranched alkanes of at least 4 members (excludes halogenated alkanes) is 10. The average molecular weight is 902 g/mol. The van der Waals surface area contributed by atoms with Crippen molar-refractivity contribution in [3.05, 3.63) is 35.4 Å². The largest absolute Gasteiger partial charge is 0.462 e. The minimum Gasteiger partial charge on any atom is -0.462 e. The Kier molecular flexibility index (Phi) is 19.2. The lowest BCUT2D eigenvalue weighted by molar-refractivity contribution is -0.225. The first-order valence-corrected chi connectivity index (χ1v) is 25.4. The van der Waals surface area contributed by atoms with Crippen LogP contribution in [0.15, 0.2) is 24.3 Å². The summed E-state index contributed by atoms with van der Waals surface area (Å²) >= 11 is 0. The summed E-state index contributed by atoms with van der Waals surface area (Å²) in [6.07, 6.45) is 15.9. The Morgan fingerprint density at radius 2 is 1.36 bits per heavy atom. The Labute approximate surface area is 383 Å². The number of rotatable bonds is 24. The summed E-state index contributed by atoms with van der Waals surface area (Å²) in [5, 5.41) is 0. The quantitative estimate of drug-likeness (QED) is 0.0579. The number of ether oxygens (including phenoxy) is 3. The van der Waals surface area contributed by atoms with E-state index in [0.717, 1.165) is 70.9 Å². The molecular weight excluding hydrogens is 820 g/mol. The zero-order chi connectivity index (χ0) is 46.7. The minimum atomic E-state index is -4.92. The van der Waals surface area contributed by atoms with Crippen LogP contribution in [0.1, 0.15) is 199 Å². The number of Topliss-reactive ketones (excluding diaryl/α,β-unsaturated/α-hetero) is 1. The van der Waals surface area contributed by atoms with Gasteiger partial charge in [0.2, 0.25) is 5.91 Å². The fourth-order valence-corrected chi connectivity index (χ4v) is 13.3. The van der Waals surface area contributed by atoms with E-state index in [9.17, 15) is 32.3 Å². The van der Waals surface area contributed by atoms with Gasteiger partial charge in [-0.25, -0.2) is 0 Å². The molecule has 362 valence electrons. The van der Waals surface area contributed by atoms with Crippen molar-refractivity contribution < 1.29 is 46.6 Å². The van der Waals surface area contributed by atoms with Gasteiger partial charge in [0.25, 0.3) is 5.78 Å². The number of ketones is 1. The number of carbonyl (C=O) groups is 4. The summed E-state index contributed by atoms with van der Waals surface area (Å²) in [7, 11) is 0. The molecule has 0 bridgehead atoms. The average Bonchev–Trinajstić information content (AvgIpc) is 3.61. The van der Waals surface area contributed by atoms with Gasteiger partial charge in [-0.05, 0) is 105 Å². The lowest BCUT2D eigenvalue weighted by Crippen LogP contribution is -2.63. The molecule has 64 heavy (non-hydrogen) atoms. The maximum atomic E-state index is 14.0. The summed E-state index contributed by atoms with van der Waals surface area (Å²) < 4.78 is 58.0. The Bertz CT molecular complexity index is 1650. The predicted molar refractivity (Wildman–Crippen MR) is 244 cm³/mol. The second-order valence-corrected chi connectivity index (χ2v) is 20.9. The Balaban J connectivity index is 1.28. The van der Waals surface area contributed by atoms with Crippen molar-refractivity contribution in [2.45, 2.75) is 214 Å². The van der Waals surface area contributed by atoms with Gasteiger partial charge in [-0.15, -0.1) is 0 Å². The van der Waals surface area contributed by atoms with Gasteiger partial charge in [0, 0.05) is 50.3 Å². The summed E-state index contributed by atoms with van der Waals surface area (Å²) in [5.74, 6) is -1.04. The summed E-state index contributed by atoms with van der Waals surface area (Å²) in [6.45, 7) is 16.4. The van der Waals surface area contributed by atoms with Gasteiger partial charge in [0.15, 0.2) is 0 Å². The fourth-order valence-electron chi connectivity index (χ4n) is 13.3. The molecule has 0 aromatic heterocycles. The Hall–Kier alpha value is -2.95. The third kappa shape index (κ3) is 12.9. The van der Waals surface area contributed by atoms with Gasteiger partial charge in [0.05, 0.1) is 12.7 Å². The van der Waals surface area contributed by atoms with Crippen LogP contribution in [0, 0.1) is 46.3 Å². The van der Waals surface area contributed by atoms with E-state index in [2.05, 4.69) is 39.5 Å². The first-order chi connectivity index (χ1) is 30.4. The number of fused-ring (bicyclic) bond motifs is 5. The second kappa shape index (κ2) is 23.7. The highest BCUT2D eigenvalue weighted by atomic mass is 19.4. The maximum absolute atomic E-state index is 14.0. The normalized spacial score (nSPS) is 30.4. The maximum Gasteiger partial charge on any atom is 0.454 e. The Morgan fingerprint density at radius 3 is 1.94 bits per heavy atom. The van der Waals surface area contributed by atoms with Gasteiger partial charge in [-0.1, -0.05) is 123 Å². The zero-order valence-electron chi connectivity index (χ0n) is 40.4. The highest BCUT2D eigenvalue weighted by Crippen LogP contribution is 2.69. The molecule has 5 rings (SSSR count). The van der Waals surface area contributed by atoms with Crippen LogP contribution in [-0.4, -0.2) is 66.1 Å². The first-order valence-electron chi connectivity index (χ1n) is 25.4. The fraction of sp³-hybridized carbons (Fsp3) is 0.811. The molecule has 0 spiro atoms. The molecular formula is C53H82F3NO7. The molecule has 0 radical (unpaired) electrons. The molecule has 1 aromatic carbocycles. The summed E-state index contributed by atoms with van der Waals surface area (Å²) in [5.41, 5.74) is -0.149. The number of alkyl halides is 3. The molecule has 11 heteroatoms. The number of amides is 1. The highest BCUT2D eigenvalue weighted by Gasteiger charge is 2.67. The van der Waals surface area contributed by atoms with E-state index < -0.39 is 17.5 Å². The number of halogens is 3. The molecule has 4 saturated carbocycles. The molecule has 0 aliphatic heterocycles. The summed E-state index contributed by atoms with van der Waals surface area (Å²) in [4.78, 5) is 53.7. The number of nitrogens with zero attached hydrogens (tertiary/aromatic N) is 1. The zero-order valence-corrected chi connectivity index (χ0v) is 40.4. The van der Waals surface area contributed by atoms with E-state index in [1.165, 1.54) is 102 Å². The van der Waals surface area contributed by atoms with E-state index in [1.54, 1.807) is 0 Å². The lowest BCUT2D eigenvalue weighted by atomic mass is 9.43. The van der Waals surface area contributed by atoms with E-state index in [4.69, 9.17) is 14.2 Å². The van der Waals surface area contributed by atoms with Gasteiger partial charge in [-0.3, -0.25) is 19.2 Å². The molecule has 4 aliphatic rings. The number of hydrogen-bond acceptors (Lipinski definition) is 7. The van der Waals surface area contributed by atoms with Crippen molar-refractivity contribution in [1.82, 2.24) is 4.90 Å². The molecule has 8 nitrogen and oxygen atoms in total. The molecule has 4 fully saturated rings. The third-order valence-electron chi connectivity index (χ3n) is 16.8. The van der Waals surface area contributed by atoms with Crippen molar-refractivity contribution in [3.63, 3.8) is 0 Å². The van der Waals surface area contributed by atoms with E-state index in [0.29, 0.717) is 18.4 Å². The van der Waals surface area contributed by atoms with Crippen LogP contribution >= 0.6 is 0 Å². The highest BCUT2D eigenvalue weighted by molar-refractivity contribution is 6.00. The second-order valence-electron chi connectivity index (χ2n) is 20.9. The number of benzene rings is 1. The van der Waals surface area contributed by atoms with E-state index in [1.807, 2.05) is 0 Å². The predicted octanol–water partition coefficient (Wildman–Crippen LogP) is 13.0. The number of hydrogen-bond donors (Lipinski definition) is 0. The topological polar surface area (TPSA) is 99.2 Å². The first kappa shape index (κ1) is 52.0. The molecule has 1 amide bonds. The van der Waals surface area contributed by atoms with Crippen molar-refractivity contribution in [2.24, 2.45) is 46.3 Å². The van der Waals surface area contributed by atoms with Crippen LogP contribution in [0.3, 0.4) is 0 Å². The van der Waals surface area contributed by atoms with Crippen LogP contribution in [0.25, 0.3) is 0 Å². The molecule has 4 aliphatic carbocycles. The smallest absolute Gasteiger partial charge is 0.454 e. The van der Waals surface area contributed by atoms with Gasteiger partial charge in [0.1, 0.15) is 12.2 Å². The number of carbonyl (C=O) groups excluding carboxylic acids is 4. The van der Waals surface area contributed by atoms with E-state index >= 15 is 0 Å². The van der Waals surface area contributed by atoms with Crippen LogP contribution < -0.4 is 0 Å². The van der Waals surface area contributed by atoms with Crippen molar-refractivity contribution in [3.8, 4) is 0 Å². The monoisotopic (exact) mass is 902 g/mol. The molecule has 0 unspecified atom stereocenters. The molecule has 0 heterocycles. The third-order valence-corrected chi connectivity index (χ3v) is 16.8. The Morgan fingerprint density at radius 1 is 0.766 bits per heavy atom. The van der Waals surface area contributed by atoms with Crippen molar-refractivity contribution in [2.75, 3.05) is 13.1 Å². The van der Waals surface area contributed by atoms with Crippen molar-refractivity contribution >= 4 is 23.6 Å². The molecule has 11 atom stereocenters. The van der Waals surface area contributed by atoms with Gasteiger partial charge >= 0.3 is 18.1 Å². The molecule has 0 saturated heterocycles. The van der Waals surface area contributed by atoms with E-state index in [-0.39, 0.29) is 89.1 Å².